The first kappa shape index (κ1) is 20.6. The van der Waals surface area contributed by atoms with Gasteiger partial charge in [0.15, 0.2) is 18.1 Å². The van der Waals surface area contributed by atoms with Crippen LogP contribution in [0.15, 0.2) is 42.5 Å². The summed E-state index contributed by atoms with van der Waals surface area (Å²) in [5.41, 5.74) is 1.34. The van der Waals surface area contributed by atoms with Crippen LogP contribution in [0.2, 0.25) is 5.02 Å². The predicted octanol–water partition coefficient (Wildman–Crippen LogP) is 3.26. The van der Waals surface area contributed by atoms with Crippen LogP contribution in [-0.4, -0.2) is 38.7 Å². The lowest BCUT2D eigenvalue weighted by atomic mass is 10.1. The Labute approximate surface area is 163 Å². The lowest BCUT2D eigenvalue weighted by molar-refractivity contribution is -0.124. The van der Waals surface area contributed by atoms with Crippen molar-refractivity contribution >= 4 is 23.5 Å². The zero-order valence-electron chi connectivity index (χ0n) is 15.3. The maximum absolute atomic E-state index is 12.1. The fourth-order valence-corrected chi connectivity index (χ4v) is 2.46. The molecule has 1 N–H and O–H groups in total. The number of hydrogen-bond acceptors (Lipinski definition) is 5. The zero-order chi connectivity index (χ0) is 19.6. The highest BCUT2D eigenvalue weighted by Crippen LogP contribution is 2.28. The summed E-state index contributed by atoms with van der Waals surface area (Å²) in [6, 6.07) is 12.1. The number of hydrogen-bond donors (Lipinski definition) is 1. The second-order valence-corrected chi connectivity index (χ2v) is 6.04. The molecule has 2 aromatic rings. The molecule has 6 nitrogen and oxygen atoms in total. The van der Waals surface area contributed by atoms with Gasteiger partial charge in [0.2, 0.25) is 0 Å². The van der Waals surface area contributed by atoms with Crippen molar-refractivity contribution in [1.29, 1.82) is 0 Å². The van der Waals surface area contributed by atoms with Crippen LogP contribution in [0.1, 0.15) is 22.8 Å². The zero-order valence-corrected chi connectivity index (χ0v) is 16.0. The highest BCUT2D eigenvalue weighted by molar-refractivity contribution is 6.30. The number of nitrogens with one attached hydrogen (secondary N) is 1. The average molecular weight is 392 g/mol. The first-order chi connectivity index (χ1) is 13.0. The minimum atomic E-state index is -0.605. The largest absolute Gasteiger partial charge is 0.493 e. The fraction of sp³-hybridized carbons (Fsp3) is 0.300. The van der Waals surface area contributed by atoms with Crippen molar-refractivity contribution < 1.29 is 23.8 Å². The highest BCUT2D eigenvalue weighted by Gasteiger charge is 2.14. The Balaban J connectivity index is 1.79. The number of halogens is 1. The Morgan fingerprint density at radius 1 is 1.07 bits per heavy atom. The van der Waals surface area contributed by atoms with Gasteiger partial charge in [-0.25, -0.2) is 4.79 Å². The molecule has 27 heavy (non-hydrogen) atoms. The number of methoxy groups -OCH3 is 1. The van der Waals surface area contributed by atoms with Crippen LogP contribution < -0.4 is 14.8 Å². The lowest BCUT2D eigenvalue weighted by Gasteiger charge is -2.11. The van der Waals surface area contributed by atoms with Crippen molar-refractivity contribution in [2.45, 2.75) is 13.3 Å². The Hall–Kier alpha value is -2.73. The number of benzene rings is 2. The van der Waals surface area contributed by atoms with Crippen LogP contribution in [0, 0.1) is 0 Å². The summed E-state index contributed by atoms with van der Waals surface area (Å²) >= 11 is 5.83. The topological polar surface area (TPSA) is 73.9 Å². The molecule has 0 fully saturated rings. The van der Waals surface area contributed by atoms with Gasteiger partial charge in [0.05, 0.1) is 19.3 Å². The molecule has 0 unspecified atom stereocenters. The third-order valence-corrected chi connectivity index (χ3v) is 3.93. The molecule has 0 saturated carbocycles. The standard InChI is InChI=1S/C20H22ClNO5/c1-3-26-18-12-15(6-9-17(18)25-2)20(24)27-13-19(23)22-11-10-14-4-7-16(21)8-5-14/h4-9,12H,3,10-11,13H2,1-2H3,(H,22,23). The molecule has 0 aliphatic heterocycles. The van der Waals surface area contributed by atoms with Crippen LogP contribution in [-0.2, 0) is 16.0 Å². The van der Waals surface area contributed by atoms with Gasteiger partial charge in [-0.3, -0.25) is 4.79 Å². The van der Waals surface area contributed by atoms with E-state index in [0.717, 1.165) is 5.56 Å². The summed E-state index contributed by atoms with van der Waals surface area (Å²) < 4.78 is 15.6. The van der Waals surface area contributed by atoms with E-state index >= 15 is 0 Å². The molecule has 2 aromatic carbocycles. The van der Waals surface area contributed by atoms with E-state index in [1.165, 1.54) is 13.2 Å². The van der Waals surface area contributed by atoms with Crippen molar-refractivity contribution in [3.8, 4) is 11.5 Å². The third kappa shape index (κ3) is 6.49. The molecule has 0 spiro atoms. The first-order valence-corrected chi connectivity index (χ1v) is 8.90. The van der Waals surface area contributed by atoms with E-state index in [1.807, 2.05) is 19.1 Å². The summed E-state index contributed by atoms with van der Waals surface area (Å²) in [6.45, 7) is 2.36. The van der Waals surface area contributed by atoms with Crippen molar-refractivity contribution in [3.63, 3.8) is 0 Å². The molecule has 0 bridgehead atoms. The second-order valence-electron chi connectivity index (χ2n) is 5.60. The number of carbonyl (C=O) groups is 2. The van der Waals surface area contributed by atoms with Gasteiger partial charge >= 0.3 is 5.97 Å². The molecule has 0 aromatic heterocycles. The molecule has 0 aliphatic carbocycles. The SMILES string of the molecule is CCOc1cc(C(=O)OCC(=O)NCCc2ccc(Cl)cc2)ccc1OC. The number of rotatable bonds is 9. The summed E-state index contributed by atoms with van der Waals surface area (Å²) in [7, 11) is 1.52. The van der Waals surface area contributed by atoms with E-state index in [2.05, 4.69) is 5.32 Å². The van der Waals surface area contributed by atoms with Gasteiger partial charge in [0.25, 0.3) is 5.91 Å². The Morgan fingerprint density at radius 2 is 1.81 bits per heavy atom. The van der Waals surface area contributed by atoms with Crippen LogP contribution in [0.3, 0.4) is 0 Å². The first-order valence-electron chi connectivity index (χ1n) is 8.52. The third-order valence-electron chi connectivity index (χ3n) is 3.68. The van der Waals surface area contributed by atoms with Gasteiger partial charge < -0.3 is 19.5 Å². The maximum Gasteiger partial charge on any atom is 0.338 e. The van der Waals surface area contributed by atoms with E-state index < -0.39 is 5.97 Å². The van der Waals surface area contributed by atoms with Crippen LogP contribution >= 0.6 is 11.6 Å². The smallest absolute Gasteiger partial charge is 0.338 e. The summed E-state index contributed by atoms with van der Waals surface area (Å²) in [4.78, 5) is 24.0. The lowest BCUT2D eigenvalue weighted by Crippen LogP contribution is -2.30. The summed E-state index contributed by atoms with van der Waals surface area (Å²) in [5, 5.41) is 3.38. The Bertz CT molecular complexity index is 776. The molecule has 2 rings (SSSR count). The van der Waals surface area contributed by atoms with E-state index in [-0.39, 0.29) is 18.1 Å². The molecule has 0 heterocycles. The average Bonchev–Trinajstić information content (AvgIpc) is 2.68. The number of esters is 1. The van der Waals surface area contributed by atoms with E-state index in [9.17, 15) is 9.59 Å². The fourth-order valence-electron chi connectivity index (χ4n) is 2.33. The van der Waals surface area contributed by atoms with Crippen molar-refractivity contribution in [3.05, 3.63) is 58.6 Å². The second kappa shape index (κ2) is 10.4. The molecule has 7 heteroatoms. The number of amides is 1. The Kier molecular flexibility index (Phi) is 7.95. The van der Waals surface area contributed by atoms with Crippen LogP contribution in [0.4, 0.5) is 0 Å². The number of carbonyl (C=O) groups excluding carboxylic acids is 2. The van der Waals surface area contributed by atoms with Gasteiger partial charge in [-0.1, -0.05) is 23.7 Å². The highest BCUT2D eigenvalue weighted by atomic mass is 35.5. The molecule has 144 valence electrons. The predicted molar refractivity (Wildman–Crippen MR) is 103 cm³/mol. The van der Waals surface area contributed by atoms with Crippen molar-refractivity contribution in [2.75, 3.05) is 26.9 Å². The maximum atomic E-state index is 12.1. The van der Waals surface area contributed by atoms with Gasteiger partial charge in [-0.2, -0.15) is 0 Å². The molecule has 0 atom stereocenters. The van der Waals surface area contributed by atoms with Gasteiger partial charge in [-0.15, -0.1) is 0 Å². The summed E-state index contributed by atoms with van der Waals surface area (Å²) in [5.74, 6) is -0.00229. The van der Waals surface area contributed by atoms with Gasteiger partial charge in [-0.05, 0) is 49.2 Å². The van der Waals surface area contributed by atoms with Crippen molar-refractivity contribution in [2.24, 2.45) is 0 Å². The minimum absolute atomic E-state index is 0.285. The van der Waals surface area contributed by atoms with Gasteiger partial charge in [0, 0.05) is 11.6 Å². The number of ether oxygens (including phenoxy) is 3. The molecule has 1 amide bonds. The van der Waals surface area contributed by atoms with E-state index in [1.54, 1.807) is 24.3 Å². The van der Waals surface area contributed by atoms with Gasteiger partial charge in [0.1, 0.15) is 0 Å². The van der Waals surface area contributed by atoms with E-state index in [4.69, 9.17) is 25.8 Å². The molecule has 0 radical (unpaired) electrons. The minimum Gasteiger partial charge on any atom is -0.493 e. The quantitative estimate of drug-likeness (QED) is 0.664. The van der Waals surface area contributed by atoms with Crippen molar-refractivity contribution in [1.82, 2.24) is 5.32 Å². The Morgan fingerprint density at radius 3 is 2.48 bits per heavy atom. The van der Waals surface area contributed by atoms with Crippen LogP contribution in [0.5, 0.6) is 11.5 Å². The molecule has 0 saturated heterocycles. The molecular formula is C20H22ClNO5. The normalized spacial score (nSPS) is 10.2. The summed E-state index contributed by atoms with van der Waals surface area (Å²) in [6.07, 6.45) is 0.660. The van der Waals surface area contributed by atoms with E-state index in [0.29, 0.717) is 36.1 Å². The molecular weight excluding hydrogens is 370 g/mol. The van der Waals surface area contributed by atoms with Crippen LogP contribution in [0.25, 0.3) is 0 Å². The monoisotopic (exact) mass is 391 g/mol. The molecule has 0 aliphatic rings.